The van der Waals surface area contributed by atoms with Crippen LogP contribution < -0.4 is 9.47 Å². The molecule has 5 nitrogen and oxygen atoms in total. The third kappa shape index (κ3) is 2.50. The number of benzene rings is 2. The topological polar surface area (TPSA) is 49.2 Å². The molecular weight excluding hydrogens is 314 g/mol. The number of pyridine rings is 1. The first kappa shape index (κ1) is 15.2. The molecule has 4 rings (SSSR count). The van der Waals surface area contributed by atoms with Crippen LogP contribution >= 0.6 is 0 Å². The van der Waals surface area contributed by atoms with E-state index in [1.54, 1.807) is 26.6 Å². The molecule has 2 aromatic carbocycles. The van der Waals surface area contributed by atoms with E-state index in [9.17, 15) is 0 Å². The van der Waals surface area contributed by atoms with E-state index in [0.29, 0.717) is 11.5 Å². The molecule has 0 spiro atoms. The van der Waals surface area contributed by atoms with Crippen molar-refractivity contribution in [1.82, 2.24) is 14.5 Å². The molecule has 0 amide bonds. The van der Waals surface area contributed by atoms with Gasteiger partial charge in [-0.25, -0.2) is 4.98 Å². The van der Waals surface area contributed by atoms with Gasteiger partial charge in [0, 0.05) is 24.0 Å². The van der Waals surface area contributed by atoms with Gasteiger partial charge in [0.15, 0.2) is 11.5 Å². The summed E-state index contributed by atoms with van der Waals surface area (Å²) in [6.07, 6.45) is 5.52. The van der Waals surface area contributed by atoms with Gasteiger partial charge in [-0.1, -0.05) is 12.1 Å². The highest BCUT2D eigenvalue weighted by Crippen LogP contribution is 2.38. The quantitative estimate of drug-likeness (QED) is 0.565. The van der Waals surface area contributed by atoms with E-state index in [-0.39, 0.29) is 0 Å². The van der Waals surface area contributed by atoms with Crippen LogP contribution in [0.2, 0.25) is 0 Å². The third-order valence-corrected chi connectivity index (χ3v) is 4.17. The average Bonchev–Trinajstić information content (AvgIpc) is 3.16. The number of methoxy groups -OCH3 is 2. The highest BCUT2D eigenvalue weighted by Gasteiger charge is 2.17. The fourth-order valence-corrected chi connectivity index (χ4v) is 3.06. The number of nitrogens with zero attached hydrogens (tertiary/aromatic N) is 3. The largest absolute Gasteiger partial charge is 0.493 e. The molecule has 0 unspecified atom stereocenters. The minimum absolute atomic E-state index is 0.663. The van der Waals surface area contributed by atoms with Crippen molar-refractivity contribution >= 4 is 10.9 Å². The van der Waals surface area contributed by atoms with E-state index in [2.05, 4.69) is 22.1 Å². The Morgan fingerprint density at radius 2 is 1.72 bits per heavy atom. The molecule has 0 saturated carbocycles. The van der Waals surface area contributed by atoms with E-state index in [1.165, 1.54) is 0 Å². The first-order chi connectivity index (χ1) is 12.3. The number of fused-ring (bicyclic) bond motifs is 1. The minimum Gasteiger partial charge on any atom is -0.493 e. The Balaban J connectivity index is 1.96. The molecule has 0 fully saturated rings. The monoisotopic (exact) mass is 331 g/mol. The second-order valence-electron chi connectivity index (χ2n) is 5.51. The molecule has 25 heavy (non-hydrogen) atoms. The molecule has 0 aliphatic heterocycles. The lowest BCUT2D eigenvalue weighted by molar-refractivity contribution is 0.356. The molecule has 5 heteroatoms. The van der Waals surface area contributed by atoms with E-state index in [4.69, 9.17) is 9.47 Å². The minimum atomic E-state index is 0.663. The molecule has 0 aliphatic carbocycles. The van der Waals surface area contributed by atoms with Gasteiger partial charge < -0.3 is 9.47 Å². The summed E-state index contributed by atoms with van der Waals surface area (Å²) < 4.78 is 13.0. The van der Waals surface area contributed by atoms with Gasteiger partial charge in [0.2, 0.25) is 0 Å². The zero-order valence-electron chi connectivity index (χ0n) is 14.0. The van der Waals surface area contributed by atoms with E-state index in [0.717, 1.165) is 28.0 Å². The molecule has 0 saturated heterocycles. The van der Waals surface area contributed by atoms with Crippen LogP contribution in [0.1, 0.15) is 0 Å². The van der Waals surface area contributed by atoms with Crippen LogP contribution in [0.5, 0.6) is 11.5 Å². The van der Waals surface area contributed by atoms with E-state index < -0.39 is 0 Å². The second-order valence-corrected chi connectivity index (χ2v) is 5.51. The summed E-state index contributed by atoms with van der Waals surface area (Å²) in [5.74, 6) is 2.12. The zero-order chi connectivity index (χ0) is 17.2. The van der Waals surface area contributed by atoms with Crippen molar-refractivity contribution < 1.29 is 9.47 Å². The summed E-state index contributed by atoms with van der Waals surface area (Å²) >= 11 is 0. The standard InChI is InChI=1S/C20H17N3O2/c1-24-18-10-3-6-15(19(18)25-2)20-22-12-13-23(20)17-9-4-8-16-14(17)7-5-11-21-16/h3-13H,1-2H3. The lowest BCUT2D eigenvalue weighted by Crippen LogP contribution is -2.00. The normalized spacial score (nSPS) is 10.8. The van der Waals surface area contributed by atoms with Crippen LogP contribution in [0.4, 0.5) is 0 Å². The highest BCUT2D eigenvalue weighted by molar-refractivity contribution is 5.88. The van der Waals surface area contributed by atoms with Crippen molar-refractivity contribution in [2.75, 3.05) is 14.2 Å². The summed E-state index contributed by atoms with van der Waals surface area (Å²) in [5.41, 5.74) is 2.83. The molecule has 0 N–H and O–H groups in total. The molecule has 0 atom stereocenters. The number of para-hydroxylation sites is 1. The van der Waals surface area contributed by atoms with Crippen LogP contribution in [-0.4, -0.2) is 28.8 Å². The van der Waals surface area contributed by atoms with Crippen LogP contribution in [-0.2, 0) is 0 Å². The van der Waals surface area contributed by atoms with Crippen molar-refractivity contribution in [1.29, 1.82) is 0 Å². The lowest BCUT2D eigenvalue weighted by Gasteiger charge is -2.15. The number of hydrogen-bond acceptors (Lipinski definition) is 4. The van der Waals surface area contributed by atoms with Crippen LogP contribution in [0.25, 0.3) is 28.0 Å². The van der Waals surface area contributed by atoms with Gasteiger partial charge in [-0.2, -0.15) is 0 Å². The second kappa shape index (κ2) is 6.28. The number of rotatable bonds is 4. The molecule has 0 aliphatic rings. The number of ether oxygens (including phenoxy) is 2. The molecule has 4 aromatic rings. The van der Waals surface area contributed by atoms with Crippen molar-refractivity contribution in [3.8, 4) is 28.6 Å². The summed E-state index contributed by atoms with van der Waals surface area (Å²) in [4.78, 5) is 9.00. The summed E-state index contributed by atoms with van der Waals surface area (Å²) in [6, 6.07) is 15.8. The lowest BCUT2D eigenvalue weighted by atomic mass is 10.1. The summed E-state index contributed by atoms with van der Waals surface area (Å²) in [5, 5.41) is 1.06. The fraction of sp³-hybridized carbons (Fsp3) is 0.100. The summed E-state index contributed by atoms with van der Waals surface area (Å²) in [7, 11) is 3.26. The Morgan fingerprint density at radius 3 is 2.56 bits per heavy atom. The Bertz CT molecular complexity index is 1030. The summed E-state index contributed by atoms with van der Waals surface area (Å²) in [6.45, 7) is 0. The predicted octanol–water partition coefficient (Wildman–Crippen LogP) is 4.10. The fourth-order valence-electron chi connectivity index (χ4n) is 3.06. The average molecular weight is 331 g/mol. The Labute approximate surface area is 145 Å². The van der Waals surface area contributed by atoms with Crippen LogP contribution in [0.3, 0.4) is 0 Å². The maximum absolute atomic E-state index is 5.58. The van der Waals surface area contributed by atoms with Crippen molar-refractivity contribution in [3.05, 3.63) is 67.1 Å². The van der Waals surface area contributed by atoms with Crippen molar-refractivity contribution in [3.63, 3.8) is 0 Å². The Kier molecular flexibility index (Phi) is 3.82. The van der Waals surface area contributed by atoms with Gasteiger partial charge in [-0.05, 0) is 36.4 Å². The zero-order valence-corrected chi connectivity index (χ0v) is 14.0. The smallest absolute Gasteiger partial charge is 0.171 e. The molecular formula is C20H17N3O2. The molecule has 0 radical (unpaired) electrons. The van der Waals surface area contributed by atoms with Gasteiger partial charge >= 0.3 is 0 Å². The number of imidazole rings is 1. The Hall–Kier alpha value is -3.34. The SMILES string of the molecule is COc1cccc(-c2nccn2-c2cccc3ncccc23)c1OC. The van der Waals surface area contributed by atoms with Gasteiger partial charge in [-0.15, -0.1) is 0 Å². The first-order valence-corrected chi connectivity index (χ1v) is 7.92. The predicted molar refractivity (Wildman–Crippen MR) is 97.4 cm³/mol. The van der Waals surface area contributed by atoms with Crippen LogP contribution in [0, 0.1) is 0 Å². The van der Waals surface area contributed by atoms with E-state index >= 15 is 0 Å². The molecule has 124 valence electrons. The Morgan fingerprint density at radius 1 is 0.840 bits per heavy atom. The van der Waals surface area contributed by atoms with Crippen molar-refractivity contribution in [2.24, 2.45) is 0 Å². The molecule has 0 bridgehead atoms. The number of hydrogen-bond donors (Lipinski definition) is 0. The van der Waals surface area contributed by atoms with E-state index in [1.807, 2.05) is 47.2 Å². The van der Waals surface area contributed by atoms with Gasteiger partial charge in [0.05, 0.1) is 31.0 Å². The van der Waals surface area contributed by atoms with Gasteiger partial charge in [-0.3, -0.25) is 9.55 Å². The highest BCUT2D eigenvalue weighted by atomic mass is 16.5. The van der Waals surface area contributed by atoms with Gasteiger partial charge in [0.1, 0.15) is 5.82 Å². The first-order valence-electron chi connectivity index (χ1n) is 7.92. The van der Waals surface area contributed by atoms with Gasteiger partial charge in [0.25, 0.3) is 0 Å². The maximum Gasteiger partial charge on any atom is 0.171 e. The maximum atomic E-state index is 5.58. The van der Waals surface area contributed by atoms with Crippen LogP contribution in [0.15, 0.2) is 67.1 Å². The van der Waals surface area contributed by atoms with Crippen molar-refractivity contribution in [2.45, 2.75) is 0 Å². The molecule has 2 aromatic heterocycles. The molecule has 2 heterocycles. The number of aromatic nitrogens is 3. The third-order valence-electron chi connectivity index (χ3n) is 4.17.